The van der Waals surface area contributed by atoms with Gasteiger partial charge in [-0.1, -0.05) is 49.2 Å². The minimum Gasteiger partial charge on any atom is -0.461 e. The molecule has 0 aromatic heterocycles. The van der Waals surface area contributed by atoms with E-state index in [1.165, 1.54) is 12.1 Å². The fraction of sp³-hybridized carbons (Fsp3) is 0.448. The summed E-state index contributed by atoms with van der Waals surface area (Å²) in [7, 11) is 0. The van der Waals surface area contributed by atoms with E-state index in [-0.39, 0.29) is 34.4 Å². The lowest BCUT2D eigenvalue weighted by Gasteiger charge is -2.42. The summed E-state index contributed by atoms with van der Waals surface area (Å²) in [6, 6.07) is 7.17. The number of ether oxygens (including phenoxy) is 1. The van der Waals surface area contributed by atoms with Crippen LogP contribution in [-0.2, 0) is 31.1 Å². The Kier molecular flexibility index (Phi) is 8.61. The van der Waals surface area contributed by atoms with Crippen LogP contribution in [0.25, 0.3) is 0 Å². The summed E-state index contributed by atoms with van der Waals surface area (Å²) < 4.78 is 35.7. The zero-order valence-corrected chi connectivity index (χ0v) is 24.2. The fourth-order valence-electron chi connectivity index (χ4n) is 5.74. The molecular weight excluding hydrogens is 596 g/mol. The molecule has 2 aromatic carbocycles. The molecule has 1 aliphatic heterocycles. The van der Waals surface area contributed by atoms with Crippen molar-refractivity contribution >= 4 is 50.6 Å². The van der Waals surface area contributed by atoms with Gasteiger partial charge in [0.05, 0.1) is 13.0 Å². The summed E-state index contributed by atoms with van der Waals surface area (Å²) in [6.07, 6.45) is 0.907. The third-order valence-corrected chi connectivity index (χ3v) is 8.47. The highest BCUT2D eigenvalue weighted by Crippen LogP contribution is 2.43. The van der Waals surface area contributed by atoms with Gasteiger partial charge in [-0.05, 0) is 78.1 Å². The number of halogens is 4. The Bertz CT molecular complexity index is 1330. The molecule has 0 unspecified atom stereocenters. The van der Waals surface area contributed by atoms with Gasteiger partial charge in [-0.3, -0.25) is 24.1 Å². The second kappa shape index (κ2) is 11.5. The predicted molar refractivity (Wildman–Crippen MR) is 144 cm³/mol. The second-order valence-corrected chi connectivity index (χ2v) is 12.2. The molecule has 1 saturated carbocycles. The standard InChI is InChI=1S/C29H29BrClF2NO5/c1-15(2)20-8-4-16(3)10-24(20)39-28(38)29(13-25(31)35)22-12-19(32)7-9-21(22)26(36)34(27(29)37)14-17-5-6-18(30)11-23(17)33/h5-7,9,11-12,15-16,20,24H,4,8,10,13-14H2,1-3H3/t16-,20+,24-,29-/m1/s1. The Morgan fingerprint density at radius 2 is 1.87 bits per heavy atom. The molecule has 1 fully saturated rings. The van der Waals surface area contributed by atoms with Crippen molar-refractivity contribution in [1.82, 2.24) is 4.90 Å². The van der Waals surface area contributed by atoms with Crippen LogP contribution in [0.15, 0.2) is 40.9 Å². The minimum absolute atomic E-state index is 0.00547. The monoisotopic (exact) mass is 623 g/mol. The molecule has 10 heteroatoms. The summed E-state index contributed by atoms with van der Waals surface area (Å²) in [5.41, 5.74) is -2.86. The Labute approximate surface area is 239 Å². The van der Waals surface area contributed by atoms with Crippen LogP contribution in [0.5, 0.6) is 0 Å². The Morgan fingerprint density at radius 3 is 2.51 bits per heavy atom. The van der Waals surface area contributed by atoms with Crippen molar-refractivity contribution < 1.29 is 32.7 Å². The third-order valence-electron chi connectivity index (χ3n) is 7.84. The highest BCUT2D eigenvalue weighted by Gasteiger charge is 2.59. The first-order chi connectivity index (χ1) is 18.3. The smallest absolute Gasteiger partial charge is 0.327 e. The van der Waals surface area contributed by atoms with Crippen molar-refractivity contribution in [2.75, 3.05) is 0 Å². The molecule has 2 aliphatic rings. The lowest BCUT2D eigenvalue weighted by molar-refractivity contribution is -0.169. The first-order valence-electron chi connectivity index (χ1n) is 12.8. The van der Waals surface area contributed by atoms with E-state index in [4.69, 9.17) is 16.3 Å². The molecule has 0 saturated heterocycles. The van der Waals surface area contributed by atoms with E-state index in [9.17, 15) is 28.0 Å². The number of hydrogen-bond donors (Lipinski definition) is 0. The van der Waals surface area contributed by atoms with Crippen molar-refractivity contribution in [3.05, 3.63) is 69.2 Å². The molecule has 1 aliphatic carbocycles. The molecule has 1 heterocycles. The lowest BCUT2D eigenvalue weighted by atomic mass is 9.71. The van der Waals surface area contributed by atoms with Crippen LogP contribution >= 0.6 is 27.5 Å². The SMILES string of the molecule is CC(C)[C@@H]1CC[C@@H](C)C[C@H]1OC(=O)[C@@]1(CC(=O)Cl)C(=O)N(Cc2ccc(Br)cc2F)C(=O)c2ccc(F)cc21. The Hall–Kier alpha value is -2.65. The van der Waals surface area contributed by atoms with Crippen molar-refractivity contribution in [2.24, 2.45) is 17.8 Å². The molecule has 2 aromatic rings. The van der Waals surface area contributed by atoms with Gasteiger partial charge in [0.1, 0.15) is 17.7 Å². The van der Waals surface area contributed by atoms with E-state index in [1.807, 2.05) is 20.8 Å². The highest BCUT2D eigenvalue weighted by atomic mass is 79.9. The number of amides is 2. The average Bonchev–Trinajstić information content (AvgIpc) is 2.85. The number of rotatable bonds is 7. The number of esters is 1. The van der Waals surface area contributed by atoms with Crippen molar-refractivity contribution in [3.63, 3.8) is 0 Å². The van der Waals surface area contributed by atoms with E-state index in [0.29, 0.717) is 15.8 Å². The zero-order chi connectivity index (χ0) is 28.6. The Balaban J connectivity index is 1.85. The molecule has 0 spiro atoms. The highest BCUT2D eigenvalue weighted by molar-refractivity contribution is 9.10. The van der Waals surface area contributed by atoms with E-state index in [1.54, 1.807) is 6.07 Å². The molecule has 4 atom stereocenters. The van der Waals surface area contributed by atoms with Crippen LogP contribution in [0.4, 0.5) is 8.78 Å². The Morgan fingerprint density at radius 1 is 1.15 bits per heavy atom. The van der Waals surface area contributed by atoms with Crippen LogP contribution in [0.3, 0.4) is 0 Å². The molecule has 0 radical (unpaired) electrons. The summed E-state index contributed by atoms with van der Waals surface area (Å²) in [5.74, 6) is -4.11. The van der Waals surface area contributed by atoms with Crippen LogP contribution in [0.2, 0.25) is 0 Å². The first kappa shape index (κ1) is 29.3. The molecule has 39 heavy (non-hydrogen) atoms. The summed E-state index contributed by atoms with van der Waals surface area (Å²) >= 11 is 8.95. The molecule has 6 nitrogen and oxygen atoms in total. The normalized spacial score (nSPS) is 25.0. The largest absolute Gasteiger partial charge is 0.461 e. The van der Waals surface area contributed by atoms with Gasteiger partial charge in [0.15, 0.2) is 5.41 Å². The van der Waals surface area contributed by atoms with Crippen molar-refractivity contribution in [2.45, 2.75) is 64.5 Å². The quantitative estimate of drug-likeness (QED) is 0.156. The summed E-state index contributed by atoms with van der Waals surface area (Å²) in [5, 5.41) is -1.04. The summed E-state index contributed by atoms with van der Waals surface area (Å²) in [6.45, 7) is 5.56. The number of imide groups is 1. The molecule has 208 valence electrons. The minimum atomic E-state index is -2.42. The van der Waals surface area contributed by atoms with Crippen molar-refractivity contribution in [1.29, 1.82) is 0 Å². The van der Waals surface area contributed by atoms with Gasteiger partial charge in [-0.15, -0.1) is 0 Å². The van der Waals surface area contributed by atoms with Crippen LogP contribution < -0.4 is 0 Å². The number of nitrogens with zero attached hydrogens (tertiary/aromatic N) is 1. The predicted octanol–water partition coefficient (Wildman–Crippen LogP) is 6.31. The maximum absolute atomic E-state index is 14.7. The molecule has 2 amide bonds. The van der Waals surface area contributed by atoms with E-state index < -0.39 is 59.1 Å². The van der Waals surface area contributed by atoms with Gasteiger partial charge < -0.3 is 4.74 Å². The van der Waals surface area contributed by atoms with Crippen LogP contribution in [0.1, 0.15) is 67.9 Å². The van der Waals surface area contributed by atoms with Gasteiger partial charge in [-0.2, -0.15) is 0 Å². The van der Waals surface area contributed by atoms with E-state index >= 15 is 0 Å². The van der Waals surface area contributed by atoms with Gasteiger partial charge in [0.25, 0.3) is 11.8 Å². The first-order valence-corrected chi connectivity index (χ1v) is 14.0. The van der Waals surface area contributed by atoms with E-state index in [0.717, 1.165) is 31.0 Å². The number of fused-ring (bicyclic) bond motifs is 1. The van der Waals surface area contributed by atoms with Gasteiger partial charge in [-0.25, -0.2) is 8.78 Å². The molecule has 0 N–H and O–H groups in total. The lowest BCUT2D eigenvalue weighted by Crippen LogP contribution is -2.59. The van der Waals surface area contributed by atoms with Gasteiger partial charge >= 0.3 is 5.97 Å². The van der Waals surface area contributed by atoms with Gasteiger partial charge in [0.2, 0.25) is 5.24 Å². The molecule has 4 rings (SSSR count). The maximum atomic E-state index is 14.7. The molecule has 0 bridgehead atoms. The van der Waals surface area contributed by atoms with Crippen LogP contribution in [0, 0.1) is 29.4 Å². The summed E-state index contributed by atoms with van der Waals surface area (Å²) in [4.78, 5) is 54.8. The zero-order valence-electron chi connectivity index (χ0n) is 21.8. The maximum Gasteiger partial charge on any atom is 0.327 e. The van der Waals surface area contributed by atoms with Crippen molar-refractivity contribution in [3.8, 4) is 0 Å². The number of carbonyl (C=O) groups is 4. The van der Waals surface area contributed by atoms with Gasteiger partial charge in [0, 0.05) is 15.6 Å². The number of carbonyl (C=O) groups excluding carboxylic acids is 4. The third kappa shape index (κ3) is 5.66. The second-order valence-electron chi connectivity index (χ2n) is 10.8. The topological polar surface area (TPSA) is 80.8 Å². The fourth-order valence-corrected chi connectivity index (χ4v) is 6.27. The van der Waals surface area contributed by atoms with Crippen LogP contribution in [-0.4, -0.2) is 34.0 Å². The number of hydrogen-bond acceptors (Lipinski definition) is 5. The molecular formula is C29H29BrClF2NO5. The average molecular weight is 625 g/mol. The number of benzene rings is 2. The van der Waals surface area contributed by atoms with E-state index in [2.05, 4.69) is 15.9 Å².